The van der Waals surface area contributed by atoms with Crippen LogP contribution in [0, 0.1) is 13.8 Å². The third-order valence-electron chi connectivity index (χ3n) is 6.54. The fraction of sp³-hybridized carbons (Fsp3) is 0.0968. The molecule has 2 aromatic heterocycles. The van der Waals surface area contributed by atoms with E-state index in [-0.39, 0.29) is 0 Å². The highest BCUT2D eigenvalue weighted by atomic mass is 16.4. The lowest BCUT2D eigenvalue weighted by atomic mass is 10.0. The lowest BCUT2D eigenvalue weighted by Crippen LogP contribution is -2.05. The van der Waals surface area contributed by atoms with Crippen molar-refractivity contribution in [1.29, 1.82) is 0 Å². The standard InChI is InChI=1S/C31H22N2O4/c1-18-7-3-5-9-22(18)28-32-26-13-11-20(16-24(26)30(34)36-28)15-21-12-14-27-25(17-21)31(35)37-29(33-27)23-10-6-4-8-19(23)2/h3-14,16-17H,15H2,1-2H3. The number of hydrogen-bond donors (Lipinski definition) is 0. The van der Waals surface area contributed by atoms with Gasteiger partial charge < -0.3 is 8.83 Å². The van der Waals surface area contributed by atoms with Gasteiger partial charge in [-0.1, -0.05) is 48.5 Å². The van der Waals surface area contributed by atoms with Crippen molar-refractivity contribution in [2.24, 2.45) is 0 Å². The average Bonchev–Trinajstić information content (AvgIpc) is 2.90. The first-order valence-electron chi connectivity index (χ1n) is 12.0. The molecule has 2 heterocycles. The molecular formula is C31H22N2O4. The zero-order valence-corrected chi connectivity index (χ0v) is 20.3. The SMILES string of the molecule is Cc1ccccc1-c1nc2ccc(Cc3ccc4nc(-c5ccccc5C)oc(=O)c4c3)cc2c(=O)o1. The highest BCUT2D eigenvalue weighted by Crippen LogP contribution is 2.25. The van der Waals surface area contributed by atoms with Gasteiger partial charge in [0, 0.05) is 11.1 Å². The van der Waals surface area contributed by atoms with Gasteiger partial charge in [0.25, 0.3) is 0 Å². The first-order valence-corrected chi connectivity index (χ1v) is 12.0. The van der Waals surface area contributed by atoms with Crippen molar-refractivity contribution in [3.8, 4) is 22.9 Å². The summed E-state index contributed by atoms with van der Waals surface area (Å²) in [5, 5.41) is 0.833. The number of rotatable bonds is 4. The predicted octanol–water partition coefficient (Wildman–Crippen LogP) is 6.23. The summed E-state index contributed by atoms with van der Waals surface area (Å²) >= 11 is 0. The molecule has 0 spiro atoms. The Hall–Kier alpha value is -4.84. The number of nitrogens with zero attached hydrogens (tertiary/aromatic N) is 2. The molecule has 6 rings (SSSR count). The van der Waals surface area contributed by atoms with E-state index in [0.29, 0.717) is 40.0 Å². The highest BCUT2D eigenvalue weighted by Gasteiger charge is 2.13. The van der Waals surface area contributed by atoms with Gasteiger partial charge in [-0.15, -0.1) is 0 Å². The van der Waals surface area contributed by atoms with Crippen LogP contribution in [0.2, 0.25) is 0 Å². The molecule has 6 heteroatoms. The minimum Gasteiger partial charge on any atom is -0.403 e. The Bertz CT molecular complexity index is 1790. The Morgan fingerprint density at radius 2 is 1.03 bits per heavy atom. The molecule has 4 aromatic carbocycles. The average molecular weight is 487 g/mol. The maximum absolute atomic E-state index is 12.8. The maximum Gasteiger partial charge on any atom is 0.347 e. The Morgan fingerprint density at radius 1 is 0.595 bits per heavy atom. The molecule has 0 amide bonds. The van der Waals surface area contributed by atoms with Crippen molar-refractivity contribution in [3.63, 3.8) is 0 Å². The Labute approximate surface area is 211 Å². The van der Waals surface area contributed by atoms with Gasteiger partial charge in [-0.3, -0.25) is 0 Å². The predicted molar refractivity (Wildman–Crippen MR) is 144 cm³/mol. The quantitative estimate of drug-likeness (QED) is 0.294. The molecule has 6 nitrogen and oxygen atoms in total. The van der Waals surface area contributed by atoms with Crippen LogP contribution in [0.5, 0.6) is 0 Å². The van der Waals surface area contributed by atoms with Crippen LogP contribution in [0.15, 0.2) is 103 Å². The fourth-order valence-corrected chi connectivity index (χ4v) is 4.55. The van der Waals surface area contributed by atoms with Crippen LogP contribution in [-0.4, -0.2) is 9.97 Å². The molecule has 180 valence electrons. The minimum absolute atomic E-state index is 0.308. The number of aromatic nitrogens is 2. The first-order chi connectivity index (χ1) is 18.0. The second kappa shape index (κ2) is 8.99. The van der Waals surface area contributed by atoms with Crippen LogP contribution in [-0.2, 0) is 6.42 Å². The second-order valence-corrected chi connectivity index (χ2v) is 9.12. The smallest absolute Gasteiger partial charge is 0.347 e. The normalized spacial score (nSPS) is 11.3. The van der Waals surface area contributed by atoms with Gasteiger partial charge in [0.2, 0.25) is 11.8 Å². The van der Waals surface area contributed by atoms with Crippen LogP contribution in [0.25, 0.3) is 44.7 Å². The summed E-state index contributed by atoms with van der Waals surface area (Å²) in [5.74, 6) is 0.615. The van der Waals surface area contributed by atoms with E-state index in [4.69, 9.17) is 8.83 Å². The summed E-state index contributed by atoms with van der Waals surface area (Å²) in [4.78, 5) is 34.8. The lowest BCUT2D eigenvalue weighted by molar-refractivity contribution is 0.517. The van der Waals surface area contributed by atoms with E-state index >= 15 is 0 Å². The van der Waals surface area contributed by atoms with Crippen molar-refractivity contribution in [2.75, 3.05) is 0 Å². The Balaban J connectivity index is 1.34. The molecule has 0 aliphatic carbocycles. The molecule has 0 aliphatic heterocycles. The Morgan fingerprint density at radius 3 is 1.46 bits per heavy atom. The molecule has 0 radical (unpaired) electrons. The van der Waals surface area contributed by atoms with Crippen molar-refractivity contribution >= 4 is 21.8 Å². The molecule has 0 saturated carbocycles. The van der Waals surface area contributed by atoms with Gasteiger partial charge in [0.05, 0.1) is 21.8 Å². The van der Waals surface area contributed by atoms with E-state index in [1.165, 1.54) is 0 Å². The Kier molecular flexibility index (Phi) is 5.49. The van der Waals surface area contributed by atoms with E-state index in [1.54, 1.807) is 12.1 Å². The molecule has 0 N–H and O–H groups in total. The third-order valence-corrected chi connectivity index (χ3v) is 6.54. The number of aryl methyl sites for hydroxylation is 2. The summed E-state index contributed by atoms with van der Waals surface area (Å²) in [6, 6.07) is 26.4. The monoisotopic (exact) mass is 486 g/mol. The van der Waals surface area contributed by atoms with Crippen molar-refractivity contribution in [3.05, 3.63) is 128 Å². The number of hydrogen-bond acceptors (Lipinski definition) is 6. The van der Waals surface area contributed by atoms with E-state index in [2.05, 4.69) is 9.97 Å². The molecule has 0 bridgehead atoms. The van der Waals surface area contributed by atoms with Crippen LogP contribution in [0.1, 0.15) is 22.3 Å². The largest absolute Gasteiger partial charge is 0.403 e. The van der Waals surface area contributed by atoms with Gasteiger partial charge in [0.1, 0.15) is 0 Å². The van der Waals surface area contributed by atoms with Gasteiger partial charge >= 0.3 is 11.3 Å². The summed E-state index contributed by atoms with van der Waals surface area (Å²) in [6.07, 6.45) is 0.518. The molecule has 37 heavy (non-hydrogen) atoms. The number of benzene rings is 4. The minimum atomic E-state index is -0.433. The summed E-state index contributed by atoms with van der Waals surface area (Å²) < 4.78 is 11.1. The van der Waals surface area contributed by atoms with E-state index in [1.807, 2.05) is 86.6 Å². The van der Waals surface area contributed by atoms with Gasteiger partial charge in [-0.2, -0.15) is 0 Å². The summed E-state index contributed by atoms with van der Waals surface area (Å²) in [6.45, 7) is 3.90. The van der Waals surface area contributed by atoms with Gasteiger partial charge in [-0.05, 0) is 78.9 Å². The van der Waals surface area contributed by atoms with Crippen molar-refractivity contribution in [1.82, 2.24) is 9.97 Å². The summed E-state index contributed by atoms with van der Waals surface area (Å²) in [7, 11) is 0. The zero-order valence-electron chi connectivity index (χ0n) is 20.3. The molecule has 0 unspecified atom stereocenters. The van der Waals surface area contributed by atoms with Gasteiger partial charge in [-0.25, -0.2) is 19.6 Å². The van der Waals surface area contributed by atoms with E-state index in [0.717, 1.165) is 33.4 Å². The molecule has 0 atom stereocenters. The molecule has 0 saturated heterocycles. The second-order valence-electron chi connectivity index (χ2n) is 9.12. The fourth-order valence-electron chi connectivity index (χ4n) is 4.55. The van der Waals surface area contributed by atoms with Crippen LogP contribution in [0.4, 0.5) is 0 Å². The topological polar surface area (TPSA) is 86.2 Å². The van der Waals surface area contributed by atoms with Crippen LogP contribution in [0.3, 0.4) is 0 Å². The number of fused-ring (bicyclic) bond motifs is 2. The van der Waals surface area contributed by atoms with Crippen molar-refractivity contribution < 1.29 is 8.83 Å². The van der Waals surface area contributed by atoms with Gasteiger partial charge in [0.15, 0.2) is 0 Å². The summed E-state index contributed by atoms with van der Waals surface area (Å²) in [5.41, 5.74) is 5.63. The van der Waals surface area contributed by atoms with Crippen LogP contribution < -0.4 is 11.3 Å². The van der Waals surface area contributed by atoms with Crippen LogP contribution >= 0.6 is 0 Å². The molecule has 0 fully saturated rings. The maximum atomic E-state index is 12.8. The lowest BCUT2D eigenvalue weighted by Gasteiger charge is -2.08. The van der Waals surface area contributed by atoms with E-state index < -0.39 is 11.3 Å². The third kappa shape index (κ3) is 4.23. The van der Waals surface area contributed by atoms with Crippen molar-refractivity contribution in [2.45, 2.75) is 20.3 Å². The molecule has 6 aromatic rings. The first kappa shape index (κ1) is 22.6. The molecular weight excluding hydrogens is 464 g/mol. The molecule has 0 aliphatic rings. The zero-order chi connectivity index (χ0) is 25.5. The highest BCUT2D eigenvalue weighted by molar-refractivity contribution is 5.81. The van der Waals surface area contributed by atoms with E-state index in [9.17, 15) is 9.59 Å².